The molecule has 0 unspecified atom stereocenters. The van der Waals surface area contributed by atoms with Crippen molar-refractivity contribution in [2.24, 2.45) is 0 Å². The lowest BCUT2D eigenvalue weighted by atomic mass is 10.1. The molecule has 1 aromatic rings. The molecule has 0 saturated carbocycles. The van der Waals surface area contributed by atoms with Crippen LogP contribution in [0.2, 0.25) is 0 Å². The number of rotatable bonds is 2. The Morgan fingerprint density at radius 3 is 2.64 bits per heavy atom. The third-order valence-corrected chi connectivity index (χ3v) is 2.56. The van der Waals surface area contributed by atoms with E-state index in [1.165, 1.54) is 5.57 Å². The average Bonchev–Trinajstić information content (AvgIpc) is 2.54. The highest BCUT2D eigenvalue weighted by molar-refractivity contribution is 5.84. The van der Waals surface area contributed by atoms with Gasteiger partial charge < -0.3 is 5.11 Å². The predicted octanol–water partition coefficient (Wildman–Crippen LogP) is 3.07. The number of fused-ring (bicyclic) bond motifs is 1. The number of aromatic hydroxyl groups is 1. The van der Waals surface area contributed by atoms with Crippen LogP contribution in [-0.2, 0) is 6.42 Å². The van der Waals surface area contributed by atoms with Gasteiger partial charge in [0.25, 0.3) is 0 Å². The Hall–Kier alpha value is -1.76. The molecular weight excluding hydrogens is 172 g/mol. The van der Waals surface area contributed by atoms with Gasteiger partial charge in [0.05, 0.1) is 0 Å². The second-order valence-electron chi connectivity index (χ2n) is 3.37. The summed E-state index contributed by atoms with van der Waals surface area (Å²) in [4.78, 5) is 0. The molecule has 0 atom stereocenters. The molecule has 2 rings (SSSR count). The SMILES string of the molecule is C=CC1=C(C=C)c2ccc(O)cc2C1. The fourth-order valence-electron chi connectivity index (χ4n) is 1.89. The third-order valence-electron chi connectivity index (χ3n) is 2.56. The maximum Gasteiger partial charge on any atom is 0.115 e. The predicted molar refractivity (Wildman–Crippen MR) is 59.1 cm³/mol. The van der Waals surface area contributed by atoms with E-state index in [9.17, 15) is 5.11 Å². The van der Waals surface area contributed by atoms with Gasteiger partial charge in [-0.3, -0.25) is 0 Å². The molecule has 0 fully saturated rings. The Morgan fingerprint density at radius 1 is 1.21 bits per heavy atom. The number of benzene rings is 1. The van der Waals surface area contributed by atoms with Crippen molar-refractivity contribution in [3.63, 3.8) is 0 Å². The van der Waals surface area contributed by atoms with Crippen LogP contribution in [0.1, 0.15) is 11.1 Å². The van der Waals surface area contributed by atoms with Crippen LogP contribution in [0, 0.1) is 0 Å². The Balaban J connectivity index is 2.59. The zero-order chi connectivity index (χ0) is 10.1. The van der Waals surface area contributed by atoms with Crippen molar-refractivity contribution in [2.45, 2.75) is 6.42 Å². The van der Waals surface area contributed by atoms with Gasteiger partial charge in [0.1, 0.15) is 5.75 Å². The van der Waals surface area contributed by atoms with Crippen molar-refractivity contribution in [3.05, 3.63) is 60.2 Å². The van der Waals surface area contributed by atoms with Gasteiger partial charge in [0.15, 0.2) is 0 Å². The summed E-state index contributed by atoms with van der Waals surface area (Å²) in [5.74, 6) is 0.317. The van der Waals surface area contributed by atoms with Crippen LogP contribution in [0.4, 0.5) is 0 Å². The van der Waals surface area contributed by atoms with Gasteiger partial charge in [-0.25, -0.2) is 0 Å². The highest BCUT2D eigenvalue weighted by Gasteiger charge is 2.17. The second-order valence-corrected chi connectivity index (χ2v) is 3.37. The Kier molecular flexibility index (Phi) is 2.01. The zero-order valence-corrected chi connectivity index (χ0v) is 7.96. The summed E-state index contributed by atoms with van der Waals surface area (Å²) in [5, 5.41) is 9.34. The first-order valence-electron chi connectivity index (χ1n) is 4.56. The topological polar surface area (TPSA) is 20.2 Å². The molecule has 70 valence electrons. The van der Waals surface area contributed by atoms with Gasteiger partial charge in [-0.15, -0.1) is 0 Å². The lowest BCUT2D eigenvalue weighted by Crippen LogP contribution is -1.82. The molecule has 0 saturated heterocycles. The monoisotopic (exact) mass is 184 g/mol. The highest BCUT2D eigenvalue weighted by Crippen LogP contribution is 2.35. The molecule has 0 spiro atoms. The summed E-state index contributed by atoms with van der Waals surface area (Å²) in [6.45, 7) is 7.57. The Morgan fingerprint density at radius 2 is 2.00 bits per heavy atom. The van der Waals surface area contributed by atoms with Crippen LogP contribution in [0.3, 0.4) is 0 Å². The lowest BCUT2D eigenvalue weighted by Gasteiger charge is -2.01. The number of hydrogen-bond acceptors (Lipinski definition) is 1. The lowest BCUT2D eigenvalue weighted by molar-refractivity contribution is 0.474. The Labute approximate surface area is 83.7 Å². The van der Waals surface area contributed by atoms with Crippen molar-refractivity contribution < 1.29 is 5.11 Å². The smallest absolute Gasteiger partial charge is 0.115 e. The summed E-state index contributed by atoms with van der Waals surface area (Å²) < 4.78 is 0. The molecule has 1 heteroatoms. The molecule has 1 N–H and O–H groups in total. The molecule has 14 heavy (non-hydrogen) atoms. The normalized spacial score (nSPS) is 14.0. The molecular formula is C13H12O. The van der Waals surface area contributed by atoms with Gasteiger partial charge in [0.2, 0.25) is 0 Å². The van der Waals surface area contributed by atoms with E-state index < -0.39 is 0 Å². The molecule has 0 aliphatic heterocycles. The van der Waals surface area contributed by atoms with Crippen molar-refractivity contribution >= 4 is 5.57 Å². The van der Waals surface area contributed by atoms with Crippen LogP contribution in [0.5, 0.6) is 5.75 Å². The fraction of sp³-hybridized carbons (Fsp3) is 0.0769. The molecule has 0 amide bonds. The minimum absolute atomic E-state index is 0.317. The average molecular weight is 184 g/mol. The van der Waals surface area contributed by atoms with Gasteiger partial charge in [-0.05, 0) is 40.8 Å². The van der Waals surface area contributed by atoms with E-state index in [0.29, 0.717) is 5.75 Å². The number of phenolic OH excluding ortho intramolecular Hbond substituents is 1. The zero-order valence-electron chi connectivity index (χ0n) is 7.96. The van der Waals surface area contributed by atoms with Gasteiger partial charge in [0, 0.05) is 0 Å². The van der Waals surface area contributed by atoms with Crippen LogP contribution < -0.4 is 0 Å². The van der Waals surface area contributed by atoms with E-state index in [1.54, 1.807) is 12.1 Å². The maximum absolute atomic E-state index is 9.34. The molecule has 0 aromatic heterocycles. The summed E-state index contributed by atoms with van der Waals surface area (Å²) in [6.07, 6.45) is 4.54. The second kappa shape index (κ2) is 3.18. The third kappa shape index (κ3) is 1.18. The van der Waals surface area contributed by atoms with Crippen LogP contribution in [-0.4, -0.2) is 5.11 Å². The van der Waals surface area contributed by atoms with Crippen LogP contribution in [0.15, 0.2) is 49.1 Å². The first-order valence-corrected chi connectivity index (χ1v) is 4.56. The standard InChI is InChI=1S/C13H12O/c1-3-9-7-10-8-11(14)5-6-13(10)12(9)4-2/h3-6,8,14H,1-2,7H2. The van der Waals surface area contributed by atoms with Crippen molar-refractivity contribution in [2.75, 3.05) is 0 Å². The first kappa shape index (κ1) is 8.82. The molecule has 0 bridgehead atoms. The number of allylic oxidation sites excluding steroid dienone is 4. The largest absolute Gasteiger partial charge is 0.508 e. The molecule has 1 nitrogen and oxygen atoms in total. The van der Waals surface area contributed by atoms with E-state index in [-0.39, 0.29) is 0 Å². The molecule has 0 heterocycles. The van der Waals surface area contributed by atoms with Gasteiger partial charge >= 0.3 is 0 Å². The van der Waals surface area contributed by atoms with Gasteiger partial charge in [-0.2, -0.15) is 0 Å². The highest BCUT2D eigenvalue weighted by atomic mass is 16.3. The quantitative estimate of drug-likeness (QED) is 0.748. The van der Waals surface area contributed by atoms with E-state index in [0.717, 1.165) is 23.1 Å². The maximum atomic E-state index is 9.34. The first-order chi connectivity index (χ1) is 6.76. The van der Waals surface area contributed by atoms with Crippen molar-refractivity contribution in [1.29, 1.82) is 0 Å². The summed E-state index contributed by atoms with van der Waals surface area (Å²) >= 11 is 0. The van der Waals surface area contributed by atoms with E-state index in [2.05, 4.69) is 13.2 Å². The van der Waals surface area contributed by atoms with Crippen LogP contribution in [0.25, 0.3) is 5.57 Å². The minimum Gasteiger partial charge on any atom is -0.508 e. The number of hydrogen-bond donors (Lipinski definition) is 1. The summed E-state index contributed by atoms with van der Waals surface area (Å²) in [6, 6.07) is 5.43. The number of phenols is 1. The van der Waals surface area contributed by atoms with Crippen LogP contribution >= 0.6 is 0 Å². The summed E-state index contributed by atoms with van der Waals surface area (Å²) in [7, 11) is 0. The summed E-state index contributed by atoms with van der Waals surface area (Å²) in [5.41, 5.74) is 4.62. The molecule has 1 aliphatic rings. The van der Waals surface area contributed by atoms with Gasteiger partial charge in [-0.1, -0.05) is 31.4 Å². The minimum atomic E-state index is 0.317. The molecule has 1 aromatic carbocycles. The van der Waals surface area contributed by atoms with Crippen molar-refractivity contribution in [3.8, 4) is 5.75 Å². The molecule has 1 aliphatic carbocycles. The van der Waals surface area contributed by atoms with E-state index in [4.69, 9.17) is 0 Å². The van der Waals surface area contributed by atoms with E-state index >= 15 is 0 Å². The van der Waals surface area contributed by atoms with Crippen molar-refractivity contribution in [1.82, 2.24) is 0 Å². The molecule has 0 radical (unpaired) electrons. The van der Waals surface area contributed by atoms with E-state index in [1.807, 2.05) is 18.2 Å². The Bertz CT molecular complexity index is 439. The fourth-order valence-corrected chi connectivity index (χ4v) is 1.89.